The van der Waals surface area contributed by atoms with E-state index in [9.17, 15) is 5.11 Å². The molecule has 2 fully saturated rings. The van der Waals surface area contributed by atoms with Gasteiger partial charge in [0.25, 0.3) is 0 Å². The molecule has 10 nitrogen and oxygen atoms in total. The van der Waals surface area contributed by atoms with Gasteiger partial charge in [0, 0.05) is 43.4 Å². The number of hydrogen-bond acceptors (Lipinski definition) is 11. The van der Waals surface area contributed by atoms with Crippen LogP contribution in [-0.4, -0.2) is 82.3 Å². The van der Waals surface area contributed by atoms with E-state index in [1.165, 1.54) is 0 Å². The molecule has 182 valence electrons. The van der Waals surface area contributed by atoms with Gasteiger partial charge in [-0.1, -0.05) is 6.92 Å². The molecule has 12 heteroatoms. The Morgan fingerprint density at radius 2 is 1.88 bits per heavy atom. The van der Waals surface area contributed by atoms with E-state index in [-0.39, 0.29) is 5.95 Å². The van der Waals surface area contributed by atoms with Crippen molar-refractivity contribution in [2.75, 3.05) is 62.9 Å². The summed E-state index contributed by atoms with van der Waals surface area (Å²) in [6.45, 7) is 8.50. The molecule has 2 aliphatic heterocycles. The van der Waals surface area contributed by atoms with Crippen LogP contribution < -0.4 is 10.6 Å². The first-order chi connectivity index (χ1) is 16.4. The number of aliphatic hydroxyl groups is 1. The van der Waals surface area contributed by atoms with Crippen molar-refractivity contribution in [2.24, 2.45) is 0 Å². The van der Waals surface area contributed by atoms with Gasteiger partial charge in [-0.05, 0) is 31.7 Å². The highest BCUT2D eigenvalue weighted by Crippen LogP contribution is 2.43. The number of ether oxygens (including phenoxy) is 1. The monoisotopic (exact) mass is 503 g/mol. The molecule has 2 saturated heterocycles. The Morgan fingerprint density at radius 1 is 1.18 bits per heavy atom. The van der Waals surface area contributed by atoms with Crippen LogP contribution in [0.4, 0.5) is 11.8 Å². The molecule has 3 N–H and O–H groups in total. The molecule has 3 aromatic heterocycles. The molecule has 5 rings (SSSR count). The summed E-state index contributed by atoms with van der Waals surface area (Å²) >= 11 is 1.58. The van der Waals surface area contributed by atoms with E-state index in [2.05, 4.69) is 28.5 Å². The molecule has 0 radical (unpaired) electrons. The normalized spacial score (nSPS) is 20.0. The highest BCUT2D eigenvalue weighted by molar-refractivity contribution is 7.51. The Bertz CT molecular complexity index is 1130. The van der Waals surface area contributed by atoms with Gasteiger partial charge in [-0.25, -0.2) is 19.9 Å². The molecular weight excluding hydrogens is 473 g/mol. The molecule has 0 spiro atoms. The molecule has 0 amide bonds. The summed E-state index contributed by atoms with van der Waals surface area (Å²) in [6, 6.07) is 2.02. The fourth-order valence-corrected chi connectivity index (χ4v) is 6.09. The lowest BCUT2D eigenvalue weighted by Crippen LogP contribution is -2.41. The van der Waals surface area contributed by atoms with Crippen molar-refractivity contribution in [1.82, 2.24) is 25.0 Å². The highest BCUT2D eigenvalue weighted by Gasteiger charge is 2.37. The molecular formula is C22H30N7O3PS. The van der Waals surface area contributed by atoms with Crippen molar-refractivity contribution < 1.29 is 14.5 Å². The summed E-state index contributed by atoms with van der Waals surface area (Å²) in [5, 5.41) is 13.6. The molecule has 5 heterocycles. The van der Waals surface area contributed by atoms with Gasteiger partial charge in [0.05, 0.1) is 37.1 Å². The van der Waals surface area contributed by atoms with Crippen LogP contribution in [0, 0.1) is 0 Å². The minimum absolute atomic E-state index is 0.211. The summed E-state index contributed by atoms with van der Waals surface area (Å²) in [5.41, 5.74) is 6.28. The summed E-state index contributed by atoms with van der Waals surface area (Å²) < 4.78 is 12.6. The first-order valence-corrected chi connectivity index (χ1v) is 14.3. The predicted octanol–water partition coefficient (Wildman–Crippen LogP) is 2.83. The molecule has 1 atom stereocenters. The van der Waals surface area contributed by atoms with Crippen LogP contribution in [0.5, 0.6) is 0 Å². The Balaban J connectivity index is 1.49. The standard InChI is InChI=1S/C22H30N7O3PS/c1-3-33(2)32-29-6-4-22(30,5-7-29)17-12-16-18(34-17)20(28-8-10-31-11-9-28)27-19(26-16)15-13-24-21(23)25-14-15/h12-14,30H,3-11H2,1-2H3,(H2,23,24,25). The van der Waals surface area contributed by atoms with E-state index in [4.69, 9.17) is 25.1 Å². The van der Waals surface area contributed by atoms with Crippen molar-refractivity contribution in [3.63, 3.8) is 0 Å². The number of aromatic nitrogens is 4. The SMILES string of the molecule is CCP(C)ON1CCC(O)(c2cc3nc(-c4cnc(N)nc4)nc(N4CCOCC4)c3s2)CC1. The smallest absolute Gasteiger partial charge is 0.219 e. The van der Waals surface area contributed by atoms with Crippen LogP contribution in [-0.2, 0) is 15.0 Å². The van der Waals surface area contributed by atoms with Crippen LogP contribution in [0.1, 0.15) is 24.6 Å². The summed E-state index contributed by atoms with van der Waals surface area (Å²) in [6.07, 6.45) is 5.54. The first-order valence-electron chi connectivity index (χ1n) is 11.5. The number of nitrogen functional groups attached to an aromatic ring is 1. The van der Waals surface area contributed by atoms with Gasteiger partial charge >= 0.3 is 0 Å². The molecule has 34 heavy (non-hydrogen) atoms. The highest BCUT2D eigenvalue weighted by atomic mass is 32.1. The fraction of sp³-hybridized carbons (Fsp3) is 0.545. The number of morpholine rings is 1. The average molecular weight is 504 g/mol. The van der Waals surface area contributed by atoms with Gasteiger partial charge in [0.1, 0.15) is 5.60 Å². The molecule has 0 saturated carbocycles. The molecule has 2 aliphatic rings. The number of fused-ring (bicyclic) bond motifs is 1. The second kappa shape index (κ2) is 9.93. The van der Waals surface area contributed by atoms with Crippen molar-refractivity contribution >= 4 is 41.5 Å². The van der Waals surface area contributed by atoms with E-state index >= 15 is 0 Å². The second-order valence-electron chi connectivity index (χ2n) is 8.61. The van der Waals surface area contributed by atoms with Crippen LogP contribution in [0.25, 0.3) is 21.6 Å². The third-order valence-corrected chi connectivity index (χ3v) is 9.02. The first kappa shape index (κ1) is 23.7. The average Bonchev–Trinajstić information content (AvgIpc) is 3.31. The zero-order valence-corrected chi connectivity index (χ0v) is 21.2. The van der Waals surface area contributed by atoms with Crippen molar-refractivity contribution in [3.8, 4) is 11.4 Å². The number of rotatable bonds is 6. The second-order valence-corrected chi connectivity index (χ2v) is 11.7. The molecule has 3 aromatic rings. The quantitative estimate of drug-likeness (QED) is 0.486. The van der Waals surface area contributed by atoms with E-state index in [0.29, 0.717) is 50.5 Å². The fourth-order valence-electron chi connectivity index (χ4n) is 4.16. The van der Waals surface area contributed by atoms with Gasteiger partial charge in [0.2, 0.25) is 5.95 Å². The topological polar surface area (TPSA) is 123 Å². The maximum Gasteiger partial charge on any atom is 0.219 e. The van der Waals surface area contributed by atoms with E-state index in [1.807, 2.05) is 11.1 Å². The zero-order valence-electron chi connectivity index (χ0n) is 19.5. The van der Waals surface area contributed by atoms with Crippen LogP contribution in [0.2, 0.25) is 0 Å². The van der Waals surface area contributed by atoms with E-state index < -0.39 is 13.7 Å². The molecule has 0 bridgehead atoms. The van der Waals surface area contributed by atoms with Crippen LogP contribution in [0.15, 0.2) is 18.5 Å². The minimum atomic E-state index is -0.902. The van der Waals surface area contributed by atoms with Gasteiger partial charge in [0.15, 0.2) is 11.6 Å². The van der Waals surface area contributed by atoms with E-state index in [0.717, 1.165) is 40.2 Å². The van der Waals surface area contributed by atoms with Crippen LogP contribution in [0.3, 0.4) is 0 Å². The lowest BCUT2D eigenvalue weighted by atomic mass is 9.90. The maximum absolute atomic E-state index is 11.6. The third-order valence-electron chi connectivity index (χ3n) is 6.30. The lowest BCUT2D eigenvalue weighted by Gasteiger charge is -2.37. The van der Waals surface area contributed by atoms with E-state index in [1.54, 1.807) is 23.7 Å². The summed E-state index contributed by atoms with van der Waals surface area (Å²) in [5.74, 6) is 1.62. The Hall–Kier alpha value is -2.01. The van der Waals surface area contributed by atoms with Crippen molar-refractivity contribution in [2.45, 2.75) is 25.4 Å². The lowest BCUT2D eigenvalue weighted by molar-refractivity contribution is -0.120. The number of anilines is 2. The van der Waals surface area contributed by atoms with Crippen molar-refractivity contribution in [1.29, 1.82) is 0 Å². The third kappa shape index (κ3) is 4.86. The summed E-state index contributed by atoms with van der Waals surface area (Å²) in [4.78, 5) is 21.1. The molecule has 0 aliphatic carbocycles. The Kier molecular flexibility index (Phi) is 6.92. The Labute approximate surface area is 203 Å². The Morgan fingerprint density at radius 3 is 2.56 bits per heavy atom. The minimum Gasteiger partial charge on any atom is -0.384 e. The van der Waals surface area contributed by atoms with Crippen LogP contribution >= 0.6 is 19.5 Å². The van der Waals surface area contributed by atoms with Gasteiger partial charge < -0.3 is 20.5 Å². The van der Waals surface area contributed by atoms with Gasteiger partial charge in [-0.3, -0.25) is 4.62 Å². The molecule has 0 aromatic carbocycles. The van der Waals surface area contributed by atoms with Gasteiger partial charge in [-0.15, -0.1) is 11.3 Å². The molecule has 1 unspecified atom stereocenters. The van der Waals surface area contributed by atoms with Crippen molar-refractivity contribution in [3.05, 3.63) is 23.3 Å². The number of hydroxylamine groups is 2. The van der Waals surface area contributed by atoms with Gasteiger partial charge in [-0.2, -0.15) is 5.06 Å². The number of thiophene rings is 1. The zero-order chi connectivity index (χ0) is 23.7. The number of hydrogen-bond donors (Lipinski definition) is 2. The maximum atomic E-state index is 11.6. The summed E-state index contributed by atoms with van der Waals surface area (Å²) in [7, 11) is -0.448. The largest absolute Gasteiger partial charge is 0.384 e. The number of nitrogens with zero attached hydrogens (tertiary/aromatic N) is 6. The predicted molar refractivity (Wildman–Crippen MR) is 135 cm³/mol. The number of piperidine rings is 1. The number of nitrogens with two attached hydrogens (primary N) is 1.